The number of aryl methyl sites for hydroxylation is 1. The highest BCUT2D eigenvalue weighted by Crippen LogP contribution is 2.24. The summed E-state index contributed by atoms with van der Waals surface area (Å²) >= 11 is 7.27. The average molecular weight is 307 g/mol. The number of hydrogen-bond donors (Lipinski definition) is 1. The molecule has 20 heavy (non-hydrogen) atoms. The van der Waals surface area contributed by atoms with Crippen LogP contribution in [0.15, 0.2) is 47.5 Å². The molecule has 5 heteroatoms. The average Bonchev–Trinajstić information content (AvgIpc) is 2.44. The Kier molecular flexibility index (Phi) is 5.04. The van der Waals surface area contributed by atoms with E-state index in [1.54, 1.807) is 12.1 Å². The second kappa shape index (κ2) is 6.77. The van der Waals surface area contributed by atoms with Crippen molar-refractivity contribution >= 4 is 35.1 Å². The summed E-state index contributed by atoms with van der Waals surface area (Å²) in [5, 5.41) is 3.12. The van der Waals surface area contributed by atoms with Gasteiger partial charge in [-0.3, -0.25) is 4.79 Å². The van der Waals surface area contributed by atoms with Crippen molar-refractivity contribution in [3.8, 4) is 0 Å². The lowest BCUT2D eigenvalue weighted by molar-refractivity contribution is -0.115. The van der Waals surface area contributed by atoms with Gasteiger partial charge in [0.15, 0.2) is 0 Å². The van der Waals surface area contributed by atoms with Gasteiger partial charge in [0.2, 0.25) is 5.91 Å². The number of hydrogen-bond acceptors (Lipinski definition) is 3. The standard InChI is InChI=1S/C15H15ClN2OS/c1-10-3-6-13(7-4-10)20-11(2)15(19)18-14-8-5-12(16)9-17-14/h3-9,11H,1-2H3,(H,17,18,19). The first-order valence-corrected chi connectivity index (χ1v) is 7.46. The molecule has 1 aromatic carbocycles. The van der Waals surface area contributed by atoms with E-state index in [9.17, 15) is 4.79 Å². The van der Waals surface area contributed by atoms with Gasteiger partial charge in [-0.25, -0.2) is 4.98 Å². The number of pyridine rings is 1. The van der Waals surface area contributed by atoms with Gasteiger partial charge in [0.25, 0.3) is 0 Å². The fourth-order valence-corrected chi connectivity index (χ4v) is 2.53. The number of aromatic nitrogens is 1. The molecule has 104 valence electrons. The van der Waals surface area contributed by atoms with Crippen molar-refractivity contribution < 1.29 is 4.79 Å². The zero-order chi connectivity index (χ0) is 14.5. The molecule has 1 aromatic heterocycles. The van der Waals surface area contributed by atoms with E-state index in [1.807, 2.05) is 38.1 Å². The quantitative estimate of drug-likeness (QED) is 0.862. The summed E-state index contributed by atoms with van der Waals surface area (Å²) in [5.41, 5.74) is 1.21. The van der Waals surface area contributed by atoms with Crippen LogP contribution in [0.1, 0.15) is 12.5 Å². The highest BCUT2D eigenvalue weighted by atomic mass is 35.5. The van der Waals surface area contributed by atoms with E-state index in [0.29, 0.717) is 10.8 Å². The van der Waals surface area contributed by atoms with Crippen molar-refractivity contribution in [2.24, 2.45) is 0 Å². The zero-order valence-corrected chi connectivity index (χ0v) is 12.8. The lowest BCUT2D eigenvalue weighted by Crippen LogP contribution is -2.22. The SMILES string of the molecule is Cc1ccc(SC(C)C(=O)Nc2ccc(Cl)cn2)cc1. The molecule has 0 spiro atoms. The van der Waals surface area contributed by atoms with Gasteiger partial charge in [0.1, 0.15) is 5.82 Å². The lowest BCUT2D eigenvalue weighted by Gasteiger charge is -2.11. The van der Waals surface area contributed by atoms with E-state index in [4.69, 9.17) is 11.6 Å². The molecule has 0 bridgehead atoms. The number of nitrogens with zero attached hydrogens (tertiary/aromatic N) is 1. The van der Waals surface area contributed by atoms with Crippen molar-refractivity contribution in [1.29, 1.82) is 0 Å². The highest BCUT2D eigenvalue weighted by molar-refractivity contribution is 8.00. The molecule has 1 heterocycles. The maximum absolute atomic E-state index is 12.1. The minimum Gasteiger partial charge on any atom is -0.310 e. The molecule has 0 aliphatic heterocycles. The second-order valence-electron chi connectivity index (χ2n) is 4.42. The molecule has 1 N–H and O–H groups in total. The van der Waals surface area contributed by atoms with E-state index < -0.39 is 0 Å². The third kappa shape index (κ3) is 4.25. The number of anilines is 1. The Morgan fingerprint density at radius 3 is 2.55 bits per heavy atom. The Labute approximate surface area is 127 Å². The summed E-state index contributed by atoms with van der Waals surface area (Å²) in [6.07, 6.45) is 1.51. The molecule has 0 radical (unpaired) electrons. The molecule has 2 rings (SSSR count). The lowest BCUT2D eigenvalue weighted by atomic mass is 10.2. The fourth-order valence-electron chi connectivity index (χ4n) is 1.55. The molecular formula is C15H15ClN2OS. The molecular weight excluding hydrogens is 292 g/mol. The number of carbonyl (C=O) groups is 1. The number of carbonyl (C=O) groups excluding carboxylic acids is 1. The summed E-state index contributed by atoms with van der Waals surface area (Å²) in [4.78, 5) is 17.2. The molecule has 0 aliphatic rings. The van der Waals surface area contributed by atoms with Gasteiger partial charge in [-0.15, -0.1) is 11.8 Å². The van der Waals surface area contributed by atoms with Crippen LogP contribution in [0.5, 0.6) is 0 Å². The maximum Gasteiger partial charge on any atom is 0.238 e. The Hall–Kier alpha value is -1.52. The van der Waals surface area contributed by atoms with Crippen molar-refractivity contribution in [2.45, 2.75) is 24.0 Å². The van der Waals surface area contributed by atoms with E-state index in [1.165, 1.54) is 23.5 Å². The van der Waals surface area contributed by atoms with Crippen LogP contribution >= 0.6 is 23.4 Å². The molecule has 0 saturated heterocycles. The summed E-state index contributed by atoms with van der Waals surface area (Å²) in [6, 6.07) is 11.5. The van der Waals surface area contributed by atoms with Crippen LogP contribution in [0.4, 0.5) is 5.82 Å². The zero-order valence-electron chi connectivity index (χ0n) is 11.3. The van der Waals surface area contributed by atoms with E-state index in [2.05, 4.69) is 10.3 Å². The molecule has 1 amide bonds. The summed E-state index contributed by atoms with van der Waals surface area (Å²) < 4.78 is 0. The third-order valence-electron chi connectivity index (χ3n) is 2.68. The first-order chi connectivity index (χ1) is 9.54. The summed E-state index contributed by atoms with van der Waals surface area (Å²) in [6.45, 7) is 3.91. The highest BCUT2D eigenvalue weighted by Gasteiger charge is 2.14. The Balaban J connectivity index is 1.94. The van der Waals surface area contributed by atoms with Crippen LogP contribution < -0.4 is 5.32 Å². The number of thioether (sulfide) groups is 1. The second-order valence-corrected chi connectivity index (χ2v) is 6.27. The smallest absolute Gasteiger partial charge is 0.238 e. The van der Waals surface area contributed by atoms with Gasteiger partial charge < -0.3 is 5.32 Å². The van der Waals surface area contributed by atoms with Gasteiger partial charge in [0.05, 0.1) is 10.3 Å². The van der Waals surface area contributed by atoms with Crippen molar-refractivity contribution in [3.05, 3.63) is 53.2 Å². The normalized spacial score (nSPS) is 11.9. The predicted octanol–water partition coefficient (Wildman–Crippen LogP) is 4.16. The van der Waals surface area contributed by atoms with Gasteiger partial charge in [-0.2, -0.15) is 0 Å². The number of benzene rings is 1. The Morgan fingerprint density at radius 2 is 1.95 bits per heavy atom. The van der Waals surface area contributed by atoms with E-state index in [-0.39, 0.29) is 11.2 Å². The van der Waals surface area contributed by atoms with E-state index >= 15 is 0 Å². The monoisotopic (exact) mass is 306 g/mol. The minimum atomic E-state index is -0.199. The van der Waals surface area contributed by atoms with E-state index in [0.717, 1.165) is 4.90 Å². The van der Waals surface area contributed by atoms with Gasteiger partial charge in [-0.05, 0) is 38.1 Å². The maximum atomic E-state index is 12.1. The molecule has 1 unspecified atom stereocenters. The molecule has 2 aromatic rings. The Bertz CT molecular complexity index is 584. The molecule has 0 saturated carbocycles. The predicted molar refractivity (Wildman–Crippen MR) is 84.4 cm³/mol. The molecule has 0 fully saturated rings. The number of amides is 1. The van der Waals surface area contributed by atoms with Crippen LogP contribution in [0.3, 0.4) is 0 Å². The summed E-state index contributed by atoms with van der Waals surface area (Å²) in [5.74, 6) is 0.432. The van der Waals surface area contributed by atoms with Crippen LogP contribution in [-0.4, -0.2) is 16.1 Å². The van der Waals surface area contributed by atoms with Crippen LogP contribution in [-0.2, 0) is 4.79 Å². The van der Waals surface area contributed by atoms with Crippen LogP contribution in [0.2, 0.25) is 5.02 Å². The fraction of sp³-hybridized carbons (Fsp3) is 0.200. The third-order valence-corrected chi connectivity index (χ3v) is 4.02. The van der Waals surface area contributed by atoms with Crippen LogP contribution in [0.25, 0.3) is 0 Å². The number of halogens is 1. The summed E-state index contributed by atoms with van der Waals surface area (Å²) in [7, 11) is 0. The van der Waals surface area contributed by atoms with Crippen LogP contribution in [0, 0.1) is 6.92 Å². The topological polar surface area (TPSA) is 42.0 Å². The van der Waals surface area contributed by atoms with Crippen molar-refractivity contribution in [3.63, 3.8) is 0 Å². The first kappa shape index (κ1) is 14.9. The minimum absolute atomic E-state index is 0.0783. The first-order valence-electron chi connectivity index (χ1n) is 6.20. The Morgan fingerprint density at radius 1 is 1.25 bits per heavy atom. The number of nitrogens with one attached hydrogen (secondary N) is 1. The molecule has 0 aliphatic carbocycles. The molecule has 1 atom stereocenters. The van der Waals surface area contributed by atoms with Crippen molar-refractivity contribution in [2.75, 3.05) is 5.32 Å². The van der Waals surface area contributed by atoms with Crippen molar-refractivity contribution in [1.82, 2.24) is 4.98 Å². The van der Waals surface area contributed by atoms with Gasteiger partial charge >= 0.3 is 0 Å². The largest absolute Gasteiger partial charge is 0.310 e. The van der Waals surface area contributed by atoms with Gasteiger partial charge in [-0.1, -0.05) is 29.3 Å². The van der Waals surface area contributed by atoms with Gasteiger partial charge in [0, 0.05) is 11.1 Å². The molecule has 3 nitrogen and oxygen atoms in total. The number of rotatable bonds is 4.